The van der Waals surface area contributed by atoms with E-state index < -0.39 is 0 Å². The normalized spacial score (nSPS) is 10.5. The highest BCUT2D eigenvalue weighted by atomic mass is 32.2. The number of nitrogens with one attached hydrogen (secondary N) is 1. The van der Waals surface area contributed by atoms with Gasteiger partial charge < -0.3 is 13.9 Å². The number of benzene rings is 2. The molecule has 0 unspecified atom stereocenters. The lowest BCUT2D eigenvalue weighted by Crippen LogP contribution is -2.11. The highest BCUT2D eigenvalue weighted by Crippen LogP contribution is 2.24. The van der Waals surface area contributed by atoms with E-state index in [1.807, 2.05) is 42.5 Å². The van der Waals surface area contributed by atoms with E-state index in [4.69, 9.17) is 13.9 Å². The average Bonchev–Trinajstić information content (AvgIpc) is 3.20. The van der Waals surface area contributed by atoms with E-state index in [2.05, 4.69) is 15.5 Å². The molecule has 1 N–H and O–H groups in total. The molecule has 146 valence electrons. The number of hydrogen-bond donors (Lipinski definition) is 1. The van der Waals surface area contributed by atoms with Crippen molar-refractivity contribution in [3.63, 3.8) is 0 Å². The molecular formula is C20H21N3O4S. The lowest BCUT2D eigenvalue weighted by molar-refractivity contribution is -0.116. The number of ether oxygens (including phenoxy) is 2. The molecule has 0 radical (unpaired) electrons. The van der Waals surface area contributed by atoms with Crippen molar-refractivity contribution in [2.45, 2.75) is 17.7 Å². The minimum atomic E-state index is -0.156. The van der Waals surface area contributed by atoms with Crippen molar-refractivity contribution in [3.05, 3.63) is 48.5 Å². The number of aromatic nitrogens is 2. The van der Waals surface area contributed by atoms with Gasteiger partial charge in [-0.2, -0.15) is 0 Å². The summed E-state index contributed by atoms with van der Waals surface area (Å²) in [5, 5.41) is 10.5. The van der Waals surface area contributed by atoms with Crippen LogP contribution in [0.5, 0.6) is 11.5 Å². The first-order chi connectivity index (χ1) is 13.7. The Balaban J connectivity index is 1.44. The Morgan fingerprint density at radius 1 is 1.07 bits per heavy atom. The van der Waals surface area contributed by atoms with Crippen LogP contribution in [0.1, 0.15) is 12.8 Å². The van der Waals surface area contributed by atoms with E-state index in [-0.39, 0.29) is 11.9 Å². The second kappa shape index (κ2) is 9.80. The molecule has 0 saturated heterocycles. The van der Waals surface area contributed by atoms with Crippen molar-refractivity contribution in [1.82, 2.24) is 10.2 Å². The lowest BCUT2D eigenvalue weighted by Gasteiger charge is -2.03. The summed E-state index contributed by atoms with van der Waals surface area (Å²) in [6.45, 7) is 0. The first-order valence-electron chi connectivity index (χ1n) is 8.72. The fraction of sp³-hybridized carbons (Fsp3) is 0.250. The van der Waals surface area contributed by atoms with Gasteiger partial charge in [-0.1, -0.05) is 11.2 Å². The number of rotatable bonds is 9. The van der Waals surface area contributed by atoms with Crippen LogP contribution >= 0.6 is 11.8 Å². The Bertz CT molecular complexity index is 912. The van der Waals surface area contributed by atoms with Crippen LogP contribution in [-0.4, -0.2) is 36.1 Å². The van der Waals surface area contributed by atoms with Gasteiger partial charge in [0.05, 0.1) is 14.2 Å². The van der Waals surface area contributed by atoms with Gasteiger partial charge in [0.25, 0.3) is 0 Å². The van der Waals surface area contributed by atoms with Gasteiger partial charge in [-0.3, -0.25) is 10.1 Å². The van der Waals surface area contributed by atoms with Gasteiger partial charge in [-0.25, -0.2) is 0 Å². The van der Waals surface area contributed by atoms with Gasteiger partial charge in [0.1, 0.15) is 11.5 Å². The second-order valence-electron chi connectivity index (χ2n) is 5.82. The summed E-state index contributed by atoms with van der Waals surface area (Å²) in [6.07, 6.45) is 1.11. The summed E-state index contributed by atoms with van der Waals surface area (Å²) in [4.78, 5) is 13.2. The highest BCUT2D eigenvalue weighted by molar-refractivity contribution is 7.99. The predicted octanol–water partition coefficient (Wildman–Crippen LogP) is 4.26. The van der Waals surface area contributed by atoms with E-state index in [0.717, 1.165) is 28.4 Å². The Labute approximate surface area is 167 Å². The number of thioether (sulfide) groups is 1. The highest BCUT2D eigenvalue weighted by Gasteiger charge is 2.12. The molecule has 7 nitrogen and oxygen atoms in total. The molecule has 1 aromatic heterocycles. The monoisotopic (exact) mass is 399 g/mol. The van der Waals surface area contributed by atoms with Crippen LogP contribution < -0.4 is 14.8 Å². The number of nitrogens with zero attached hydrogens (tertiary/aromatic N) is 2. The molecule has 0 atom stereocenters. The molecule has 28 heavy (non-hydrogen) atoms. The van der Waals surface area contributed by atoms with E-state index in [1.165, 1.54) is 0 Å². The molecule has 0 spiro atoms. The number of carbonyl (C=O) groups is 1. The third kappa shape index (κ3) is 5.50. The molecule has 8 heteroatoms. The van der Waals surface area contributed by atoms with Gasteiger partial charge in [0.2, 0.25) is 11.8 Å². The minimum Gasteiger partial charge on any atom is -0.497 e. The summed E-state index contributed by atoms with van der Waals surface area (Å²) in [5.41, 5.74) is 0.725. The van der Waals surface area contributed by atoms with E-state index in [0.29, 0.717) is 18.1 Å². The van der Waals surface area contributed by atoms with Crippen LogP contribution in [0.15, 0.2) is 57.8 Å². The molecule has 0 saturated carbocycles. The molecule has 0 aliphatic heterocycles. The molecule has 0 aliphatic rings. The smallest absolute Gasteiger partial charge is 0.322 e. The molecule has 0 bridgehead atoms. The van der Waals surface area contributed by atoms with Gasteiger partial charge in [0.15, 0.2) is 0 Å². The zero-order chi connectivity index (χ0) is 19.8. The van der Waals surface area contributed by atoms with Crippen LogP contribution in [0, 0.1) is 0 Å². The van der Waals surface area contributed by atoms with Gasteiger partial charge in [-0.15, -0.1) is 16.9 Å². The summed E-state index contributed by atoms with van der Waals surface area (Å²) < 4.78 is 15.8. The summed E-state index contributed by atoms with van der Waals surface area (Å²) in [5.74, 6) is 2.52. The third-order valence-electron chi connectivity index (χ3n) is 3.86. The Kier molecular flexibility index (Phi) is 6.91. The Morgan fingerprint density at radius 3 is 2.61 bits per heavy atom. The predicted molar refractivity (Wildman–Crippen MR) is 108 cm³/mol. The van der Waals surface area contributed by atoms with E-state index in [9.17, 15) is 4.79 Å². The molecule has 0 fully saturated rings. The lowest BCUT2D eigenvalue weighted by atomic mass is 10.2. The van der Waals surface area contributed by atoms with E-state index in [1.54, 1.807) is 32.0 Å². The minimum absolute atomic E-state index is 0.0885. The summed E-state index contributed by atoms with van der Waals surface area (Å²) in [7, 11) is 3.23. The SMILES string of the molecule is COc1ccc(SCCCC(=O)Nc2nnc(-c3cccc(OC)c3)o2)cc1. The van der Waals surface area contributed by atoms with Crippen LogP contribution in [0.25, 0.3) is 11.5 Å². The maximum absolute atomic E-state index is 12.1. The number of anilines is 1. The second-order valence-corrected chi connectivity index (χ2v) is 6.99. The number of carbonyl (C=O) groups excluding carboxylic acids is 1. The molecule has 3 rings (SSSR count). The van der Waals surface area contributed by atoms with Crippen molar-refractivity contribution in [2.75, 3.05) is 25.3 Å². The van der Waals surface area contributed by atoms with Gasteiger partial charge in [-0.05, 0) is 54.6 Å². The summed E-state index contributed by atoms with van der Waals surface area (Å²) >= 11 is 1.69. The molecule has 0 aliphatic carbocycles. The fourth-order valence-electron chi connectivity index (χ4n) is 2.42. The molecule has 1 heterocycles. The average molecular weight is 399 g/mol. The number of methoxy groups -OCH3 is 2. The van der Waals surface area contributed by atoms with Gasteiger partial charge >= 0.3 is 6.01 Å². The van der Waals surface area contributed by atoms with Crippen LogP contribution in [0.4, 0.5) is 6.01 Å². The van der Waals surface area contributed by atoms with Crippen molar-refractivity contribution in [3.8, 4) is 23.0 Å². The van der Waals surface area contributed by atoms with Crippen molar-refractivity contribution in [1.29, 1.82) is 0 Å². The van der Waals surface area contributed by atoms with Crippen LogP contribution in [-0.2, 0) is 4.79 Å². The largest absolute Gasteiger partial charge is 0.497 e. The molecule has 3 aromatic rings. The van der Waals surface area contributed by atoms with Crippen LogP contribution in [0.2, 0.25) is 0 Å². The maximum atomic E-state index is 12.1. The van der Waals surface area contributed by atoms with Crippen molar-refractivity contribution >= 4 is 23.7 Å². The molecular weight excluding hydrogens is 378 g/mol. The molecule has 2 aromatic carbocycles. The fourth-order valence-corrected chi connectivity index (χ4v) is 3.28. The Hall–Kier alpha value is -3.00. The summed E-state index contributed by atoms with van der Waals surface area (Å²) in [6, 6.07) is 15.2. The quantitative estimate of drug-likeness (QED) is 0.425. The zero-order valence-corrected chi connectivity index (χ0v) is 16.5. The van der Waals surface area contributed by atoms with Crippen molar-refractivity contribution < 1.29 is 18.7 Å². The first kappa shape index (κ1) is 19.8. The van der Waals surface area contributed by atoms with E-state index >= 15 is 0 Å². The number of hydrogen-bond acceptors (Lipinski definition) is 7. The van der Waals surface area contributed by atoms with Crippen molar-refractivity contribution in [2.24, 2.45) is 0 Å². The third-order valence-corrected chi connectivity index (χ3v) is 4.96. The Morgan fingerprint density at radius 2 is 1.86 bits per heavy atom. The first-order valence-corrected chi connectivity index (χ1v) is 9.71. The maximum Gasteiger partial charge on any atom is 0.322 e. The van der Waals surface area contributed by atoms with Crippen LogP contribution in [0.3, 0.4) is 0 Å². The zero-order valence-electron chi connectivity index (χ0n) is 15.7. The molecule has 1 amide bonds. The van der Waals surface area contributed by atoms with Gasteiger partial charge in [0, 0.05) is 16.9 Å². The number of amides is 1. The topological polar surface area (TPSA) is 86.5 Å². The standard InChI is InChI=1S/C20H21N3O4S/c1-25-15-8-10-17(11-9-15)28-12-4-7-18(24)21-20-23-22-19(27-20)14-5-3-6-16(13-14)26-2/h3,5-6,8-11,13H,4,7,12H2,1-2H3,(H,21,23,24).